The van der Waals surface area contributed by atoms with Crippen LogP contribution in [0.2, 0.25) is 0 Å². The zero-order chi connectivity index (χ0) is 20.0. The lowest BCUT2D eigenvalue weighted by Crippen LogP contribution is -2.37. The first-order valence-corrected chi connectivity index (χ1v) is 10.3. The van der Waals surface area contributed by atoms with E-state index in [1.54, 1.807) is 0 Å². The summed E-state index contributed by atoms with van der Waals surface area (Å²) in [6.45, 7) is 8.50. The minimum atomic E-state index is -0.325. The number of aliphatic imine (C=N–C) groups is 1. The average Bonchev–Trinajstić information content (AvgIpc) is 3.24. The maximum atomic E-state index is 12.2. The predicted molar refractivity (Wildman–Crippen MR) is 113 cm³/mol. The number of carbonyl (C=O) groups excluding carboxylic acids is 1. The van der Waals surface area contributed by atoms with E-state index in [9.17, 15) is 4.79 Å². The number of nitrogens with one attached hydrogen (secondary N) is 3. The highest BCUT2D eigenvalue weighted by molar-refractivity contribution is 5.94. The standard InChI is InChI=1S/C21H34N4O3/c1-3-22-21(23-12-5-6-13-27-4-2)24-16-17-9-7-10-18(15-17)25-20(26)19-11-8-14-28-19/h7,9-10,15,19H,3-6,8,11-14,16H2,1-2H3,(H,25,26)(H2,22,23,24). The number of rotatable bonds is 11. The molecule has 0 spiro atoms. The summed E-state index contributed by atoms with van der Waals surface area (Å²) in [7, 11) is 0. The van der Waals surface area contributed by atoms with Gasteiger partial charge in [-0.2, -0.15) is 0 Å². The van der Waals surface area contributed by atoms with Crippen molar-refractivity contribution >= 4 is 17.6 Å². The van der Waals surface area contributed by atoms with Gasteiger partial charge in [0.1, 0.15) is 6.10 Å². The molecule has 7 heteroatoms. The number of anilines is 1. The van der Waals surface area contributed by atoms with Crippen LogP contribution in [-0.2, 0) is 20.8 Å². The van der Waals surface area contributed by atoms with Crippen LogP contribution >= 0.6 is 0 Å². The first-order chi connectivity index (χ1) is 13.7. The van der Waals surface area contributed by atoms with Gasteiger partial charge in [-0.1, -0.05) is 12.1 Å². The molecule has 0 radical (unpaired) electrons. The van der Waals surface area contributed by atoms with Gasteiger partial charge in [0.05, 0.1) is 6.54 Å². The molecule has 0 saturated carbocycles. The molecular formula is C21H34N4O3. The average molecular weight is 391 g/mol. The lowest BCUT2D eigenvalue weighted by Gasteiger charge is -2.12. The molecule has 1 aliphatic rings. The van der Waals surface area contributed by atoms with E-state index in [4.69, 9.17) is 9.47 Å². The molecule has 1 aromatic rings. The molecule has 156 valence electrons. The van der Waals surface area contributed by atoms with Crippen LogP contribution in [0.1, 0.15) is 45.1 Å². The normalized spacial score (nSPS) is 16.8. The zero-order valence-corrected chi connectivity index (χ0v) is 17.1. The van der Waals surface area contributed by atoms with E-state index in [1.807, 2.05) is 38.1 Å². The molecule has 28 heavy (non-hydrogen) atoms. The lowest BCUT2D eigenvalue weighted by atomic mass is 10.2. The zero-order valence-electron chi connectivity index (χ0n) is 17.1. The lowest BCUT2D eigenvalue weighted by molar-refractivity contribution is -0.124. The van der Waals surface area contributed by atoms with Crippen LogP contribution in [0.25, 0.3) is 0 Å². The number of ether oxygens (including phenoxy) is 2. The van der Waals surface area contributed by atoms with Gasteiger partial charge in [0, 0.05) is 38.6 Å². The third kappa shape index (κ3) is 8.27. The van der Waals surface area contributed by atoms with Crippen LogP contribution in [0, 0.1) is 0 Å². The van der Waals surface area contributed by atoms with Gasteiger partial charge < -0.3 is 25.4 Å². The molecule has 0 bridgehead atoms. The van der Waals surface area contributed by atoms with Crippen molar-refractivity contribution in [3.8, 4) is 0 Å². The molecule has 2 rings (SSSR count). The van der Waals surface area contributed by atoms with Crippen molar-refractivity contribution in [1.82, 2.24) is 10.6 Å². The van der Waals surface area contributed by atoms with Crippen molar-refractivity contribution < 1.29 is 14.3 Å². The molecular weight excluding hydrogens is 356 g/mol. The van der Waals surface area contributed by atoms with Gasteiger partial charge in [-0.25, -0.2) is 4.99 Å². The Labute approximate surface area is 168 Å². The third-order valence-corrected chi connectivity index (χ3v) is 4.39. The highest BCUT2D eigenvalue weighted by atomic mass is 16.5. The maximum absolute atomic E-state index is 12.2. The van der Waals surface area contributed by atoms with E-state index in [-0.39, 0.29) is 12.0 Å². The van der Waals surface area contributed by atoms with Gasteiger partial charge in [0.25, 0.3) is 5.91 Å². The molecule has 0 aromatic heterocycles. The first-order valence-electron chi connectivity index (χ1n) is 10.3. The monoisotopic (exact) mass is 390 g/mol. The van der Waals surface area contributed by atoms with Gasteiger partial charge >= 0.3 is 0 Å². The van der Waals surface area contributed by atoms with Gasteiger partial charge in [-0.05, 0) is 57.2 Å². The molecule has 7 nitrogen and oxygen atoms in total. The minimum absolute atomic E-state index is 0.0693. The fourth-order valence-electron chi connectivity index (χ4n) is 2.95. The number of amides is 1. The van der Waals surface area contributed by atoms with Gasteiger partial charge in [-0.3, -0.25) is 4.79 Å². The number of hydrogen-bond acceptors (Lipinski definition) is 4. The summed E-state index contributed by atoms with van der Waals surface area (Å²) in [5, 5.41) is 9.55. The summed E-state index contributed by atoms with van der Waals surface area (Å²) in [4.78, 5) is 16.8. The number of benzene rings is 1. The van der Waals surface area contributed by atoms with Crippen molar-refractivity contribution in [3.05, 3.63) is 29.8 Å². The molecule has 1 aromatic carbocycles. The minimum Gasteiger partial charge on any atom is -0.382 e. The molecule has 1 fully saturated rings. The molecule has 1 atom stereocenters. The van der Waals surface area contributed by atoms with Crippen molar-refractivity contribution in [2.45, 2.75) is 52.2 Å². The molecule has 1 heterocycles. The number of carbonyl (C=O) groups is 1. The summed E-state index contributed by atoms with van der Waals surface area (Å²) in [5.41, 5.74) is 1.82. The van der Waals surface area contributed by atoms with E-state index in [1.165, 1.54) is 0 Å². The number of unbranched alkanes of at least 4 members (excludes halogenated alkanes) is 1. The fourth-order valence-corrected chi connectivity index (χ4v) is 2.95. The summed E-state index contributed by atoms with van der Waals surface area (Å²) >= 11 is 0. The van der Waals surface area contributed by atoms with Gasteiger partial charge in [0.2, 0.25) is 0 Å². The van der Waals surface area contributed by atoms with Gasteiger partial charge in [0.15, 0.2) is 5.96 Å². The summed E-state index contributed by atoms with van der Waals surface area (Å²) in [5.74, 6) is 0.730. The first kappa shape index (κ1) is 22.2. The SMILES string of the molecule is CCNC(=NCc1cccc(NC(=O)C2CCCO2)c1)NCCCCOCC. The third-order valence-electron chi connectivity index (χ3n) is 4.39. The Balaban J connectivity index is 1.82. The maximum Gasteiger partial charge on any atom is 0.253 e. The Bertz CT molecular complexity index is 615. The smallest absolute Gasteiger partial charge is 0.253 e. The van der Waals surface area contributed by atoms with Crippen LogP contribution in [-0.4, -0.2) is 50.9 Å². The Morgan fingerprint density at radius 3 is 2.93 bits per heavy atom. The van der Waals surface area contributed by atoms with E-state index in [0.29, 0.717) is 13.2 Å². The number of guanidine groups is 1. The van der Waals surface area contributed by atoms with Crippen molar-refractivity contribution in [2.75, 3.05) is 38.2 Å². The van der Waals surface area contributed by atoms with Gasteiger partial charge in [-0.15, -0.1) is 0 Å². The molecule has 1 unspecified atom stereocenters. The number of hydrogen-bond donors (Lipinski definition) is 3. The van der Waals surface area contributed by atoms with Crippen LogP contribution in [0.5, 0.6) is 0 Å². The Hall–Kier alpha value is -2.12. The van der Waals surface area contributed by atoms with E-state index in [0.717, 1.165) is 69.2 Å². The molecule has 3 N–H and O–H groups in total. The van der Waals surface area contributed by atoms with E-state index >= 15 is 0 Å². The molecule has 0 aliphatic carbocycles. The fraction of sp³-hybridized carbons (Fsp3) is 0.619. The molecule has 1 amide bonds. The summed E-state index contributed by atoms with van der Waals surface area (Å²) < 4.78 is 10.8. The highest BCUT2D eigenvalue weighted by Crippen LogP contribution is 2.16. The molecule has 1 saturated heterocycles. The summed E-state index contributed by atoms with van der Waals surface area (Å²) in [6, 6.07) is 7.80. The van der Waals surface area contributed by atoms with Crippen LogP contribution < -0.4 is 16.0 Å². The molecule has 1 aliphatic heterocycles. The van der Waals surface area contributed by atoms with Crippen molar-refractivity contribution in [1.29, 1.82) is 0 Å². The summed E-state index contributed by atoms with van der Waals surface area (Å²) in [6.07, 6.45) is 3.48. The Morgan fingerprint density at radius 1 is 1.29 bits per heavy atom. The quantitative estimate of drug-likeness (QED) is 0.307. The Kier molecular flexibility index (Phi) is 10.4. The Morgan fingerprint density at radius 2 is 2.18 bits per heavy atom. The largest absolute Gasteiger partial charge is 0.382 e. The second-order valence-corrected chi connectivity index (χ2v) is 6.72. The van der Waals surface area contributed by atoms with Crippen molar-refractivity contribution in [2.24, 2.45) is 4.99 Å². The van der Waals surface area contributed by atoms with Crippen molar-refractivity contribution in [3.63, 3.8) is 0 Å². The van der Waals surface area contributed by atoms with E-state index in [2.05, 4.69) is 20.9 Å². The second kappa shape index (κ2) is 13.1. The topological polar surface area (TPSA) is 84.0 Å². The highest BCUT2D eigenvalue weighted by Gasteiger charge is 2.23. The van der Waals surface area contributed by atoms with Crippen LogP contribution in [0.15, 0.2) is 29.3 Å². The van der Waals surface area contributed by atoms with Crippen LogP contribution in [0.4, 0.5) is 5.69 Å². The van der Waals surface area contributed by atoms with Crippen LogP contribution in [0.3, 0.4) is 0 Å². The number of nitrogens with zero attached hydrogens (tertiary/aromatic N) is 1. The second-order valence-electron chi connectivity index (χ2n) is 6.72. The van der Waals surface area contributed by atoms with E-state index < -0.39 is 0 Å². The predicted octanol–water partition coefficient (Wildman–Crippen LogP) is 2.68.